The zero-order chi connectivity index (χ0) is 11.9. The summed E-state index contributed by atoms with van der Waals surface area (Å²) in [5.74, 6) is 0.218. The van der Waals surface area contributed by atoms with E-state index < -0.39 is 0 Å². The molecule has 0 aromatic carbocycles. The van der Waals surface area contributed by atoms with E-state index in [1.54, 1.807) is 0 Å². The smallest absolute Gasteiger partial charge is 0.221 e. The zero-order valence-corrected chi connectivity index (χ0v) is 10.6. The van der Waals surface area contributed by atoms with Gasteiger partial charge in [0.2, 0.25) is 5.91 Å². The first-order valence-electron chi connectivity index (χ1n) is 7.08. The Labute approximate surface area is 104 Å². The van der Waals surface area contributed by atoms with E-state index in [1.807, 2.05) is 0 Å². The summed E-state index contributed by atoms with van der Waals surface area (Å²) in [6, 6.07) is 1.02. The number of hydrogen-bond acceptors (Lipinski definition) is 3. The van der Waals surface area contributed by atoms with Crippen molar-refractivity contribution in [1.82, 2.24) is 16.0 Å². The zero-order valence-electron chi connectivity index (χ0n) is 10.6. The predicted octanol–water partition coefficient (Wildman–Crippen LogP) is 0.777. The second-order valence-electron chi connectivity index (χ2n) is 5.30. The van der Waals surface area contributed by atoms with Crippen LogP contribution in [0.1, 0.15) is 44.9 Å². The fourth-order valence-corrected chi connectivity index (χ4v) is 2.77. The minimum absolute atomic E-state index is 0.218. The van der Waals surface area contributed by atoms with Gasteiger partial charge in [-0.3, -0.25) is 4.79 Å². The summed E-state index contributed by atoms with van der Waals surface area (Å²) in [7, 11) is 0. The fourth-order valence-electron chi connectivity index (χ4n) is 2.77. The highest BCUT2D eigenvalue weighted by atomic mass is 16.1. The topological polar surface area (TPSA) is 53.2 Å². The minimum Gasteiger partial charge on any atom is -0.353 e. The van der Waals surface area contributed by atoms with Crippen LogP contribution in [0.15, 0.2) is 0 Å². The van der Waals surface area contributed by atoms with Gasteiger partial charge in [0.15, 0.2) is 0 Å². The van der Waals surface area contributed by atoms with Crippen LogP contribution in [0, 0.1) is 0 Å². The number of rotatable bonds is 5. The van der Waals surface area contributed by atoms with Crippen LogP contribution in [-0.4, -0.2) is 37.6 Å². The Morgan fingerprint density at radius 1 is 1.12 bits per heavy atom. The lowest BCUT2D eigenvalue weighted by Crippen LogP contribution is -2.39. The van der Waals surface area contributed by atoms with Crippen molar-refractivity contribution in [3.63, 3.8) is 0 Å². The highest BCUT2D eigenvalue weighted by Crippen LogP contribution is 2.17. The third-order valence-corrected chi connectivity index (χ3v) is 3.82. The molecule has 1 unspecified atom stereocenters. The van der Waals surface area contributed by atoms with Gasteiger partial charge >= 0.3 is 0 Å². The van der Waals surface area contributed by atoms with E-state index >= 15 is 0 Å². The second kappa shape index (κ2) is 6.97. The summed E-state index contributed by atoms with van der Waals surface area (Å²) in [5.41, 5.74) is 0. The molecule has 17 heavy (non-hydrogen) atoms. The normalized spacial score (nSPS) is 26.0. The van der Waals surface area contributed by atoms with E-state index in [-0.39, 0.29) is 5.91 Å². The lowest BCUT2D eigenvalue weighted by Gasteiger charge is -2.22. The molecule has 2 rings (SSSR count). The highest BCUT2D eigenvalue weighted by Gasteiger charge is 2.16. The van der Waals surface area contributed by atoms with Gasteiger partial charge in [0.25, 0.3) is 0 Å². The van der Waals surface area contributed by atoms with Crippen molar-refractivity contribution in [2.24, 2.45) is 0 Å². The lowest BCUT2D eigenvalue weighted by molar-refractivity contribution is -0.121. The van der Waals surface area contributed by atoms with Gasteiger partial charge in [-0.05, 0) is 25.8 Å². The lowest BCUT2D eigenvalue weighted by atomic mass is 9.95. The van der Waals surface area contributed by atoms with Crippen LogP contribution in [0.2, 0.25) is 0 Å². The molecule has 1 aliphatic heterocycles. The van der Waals surface area contributed by atoms with Crippen molar-refractivity contribution in [3.05, 3.63) is 0 Å². The molecule has 0 aromatic heterocycles. The molecular formula is C13H25N3O. The van der Waals surface area contributed by atoms with Gasteiger partial charge < -0.3 is 16.0 Å². The Bertz CT molecular complexity index is 233. The maximum Gasteiger partial charge on any atom is 0.221 e. The molecule has 1 heterocycles. The molecule has 2 aliphatic rings. The van der Waals surface area contributed by atoms with Crippen LogP contribution in [0.3, 0.4) is 0 Å². The van der Waals surface area contributed by atoms with Gasteiger partial charge in [0, 0.05) is 31.6 Å². The molecule has 1 saturated carbocycles. The standard InChI is InChI=1S/C13H25N3O/c17-13(16-11-4-2-1-3-5-11)7-9-15-12-6-8-14-10-12/h11-12,14-15H,1-10H2,(H,16,17). The number of hydrogen-bond donors (Lipinski definition) is 3. The molecule has 1 amide bonds. The van der Waals surface area contributed by atoms with Crippen molar-refractivity contribution >= 4 is 5.91 Å². The van der Waals surface area contributed by atoms with E-state index in [0.29, 0.717) is 18.5 Å². The van der Waals surface area contributed by atoms with Crippen molar-refractivity contribution in [2.75, 3.05) is 19.6 Å². The number of carbonyl (C=O) groups excluding carboxylic acids is 1. The van der Waals surface area contributed by atoms with Gasteiger partial charge in [0.05, 0.1) is 0 Å². The maximum absolute atomic E-state index is 11.7. The molecular weight excluding hydrogens is 214 g/mol. The molecule has 2 fully saturated rings. The van der Waals surface area contributed by atoms with Gasteiger partial charge in [0.1, 0.15) is 0 Å². The molecule has 0 radical (unpaired) electrons. The molecule has 0 spiro atoms. The SMILES string of the molecule is O=C(CCNC1CCNC1)NC1CCCCC1. The third kappa shape index (κ3) is 4.64. The van der Waals surface area contributed by atoms with E-state index in [4.69, 9.17) is 0 Å². The molecule has 4 nitrogen and oxygen atoms in total. The Kier molecular flexibility index (Phi) is 5.26. The fraction of sp³-hybridized carbons (Fsp3) is 0.923. The molecule has 3 N–H and O–H groups in total. The summed E-state index contributed by atoms with van der Waals surface area (Å²) in [5, 5.41) is 9.89. The monoisotopic (exact) mass is 239 g/mol. The number of amides is 1. The van der Waals surface area contributed by atoms with Crippen LogP contribution < -0.4 is 16.0 Å². The van der Waals surface area contributed by atoms with Crippen LogP contribution in [0.25, 0.3) is 0 Å². The molecule has 0 aromatic rings. The van der Waals surface area contributed by atoms with Crippen LogP contribution >= 0.6 is 0 Å². The van der Waals surface area contributed by atoms with Crippen molar-refractivity contribution in [2.45, 2.75) is 57.0 Å². The largest absolute Gasteiger partial charge is 0.353 e. The Balaban J connectivity index is 1.53. The van der Waals surface area contributed by atoms with Gasteiger partial charge in [-0.1, -0.05) is 19.3 Å². The first kappa shape index (κ1) is 12.8. The van der Waals surface area contributed by atoms with Gasteiger partial charge in [-0.15, -0.1) is 0 Å². The molecule has 1 saturated heterocycles. The predicted molar refractivity (Wildman–Crippen MR) is 68.9 cm³/mol. The quantitative estimate of drug-likeness (QED) is 0.664. The van der Waals surface area contributed by atoms with Crippen molar-refractivity contribution < 1.29 is 4.79 Å². The van der Waals surface area contributed by atoms with Gasteiger partial charge in [-0.2, -0.15) is 0 Å². The van der Waals surface area contributed by atoms with E-state index in [2.05, 4.69) is 16.0 Å². The van der Waals surface area contributed by atoms with Crippen LogP contribution in [0.4, 0.5) is 0 Å². The Hall–Kier alpha value is -0.610. The number of nitrogens with one attached hydrogen (secondary N) is 3. The summed E-state index contributed by atoms with van der Waals surface area (Å²) >= 11 is 0. The molecule has 1 aliphatic carbocycles. The average Bonchev–Trinajstić information content (AvgIpc) is 2.83. The average molecular weight is 239 g/mol. The first-order valence-corrected chi connectivity index (χ1v) is 7.08. The second-order valence-corrected chi connectivity index (χ2v) is 5.30. The van der Waals surface area contributed by atoms with Crippen molar-refractivity contribution in [1.29, 1.82) is 0 Å². The van der Waals surface area contributed by atoms with E-state index in [0.717, 1.165) is 19.6 Å². The Morgan fingerprint density at radius 3 is 2.65 bits per heavy atom. The van der Waals surface area contributed by atoms with Crippen LogP contribution in [0.5, 0.6) is 0 Å². The highest BCUT2D eigenvalue weighted by molar-refractivity contribution is 5.76. The number of carbonyl (C=O) groups is 1. The summed E-state index contributed by atoms with van der Waals surface area (Å²) in [6.45, 7) is 2.96. The van der Waals surface area contributed by atoms with E-state index in [1.165, 1.54) is 38.5 Å². The third-order valence-electron chi connectivity index (χ3n) is 3.82. The summed E-state index contributed by atoms with van der Waals surface area (Å²) in [4.78, 5) is 11.7. The van der Waals surface area contributed by atoms with Gasteiger partial charge in [-0.25, -0.2) is 0 Å². The first-order chi connectivity index (χ1) is 8.34. The summed E-state index contributed by atoms with van der Waals surface area (Å²) < 4.78 is 0. The Morgan fingerprint density at radius 2 is 1.94 bits per heavy atom. The molecule has 4 heteroatoms. The van der Waals surface area contributed by atoms with Crippen LogP contribution in [-0.2, 0) is 4.79 Å². The molecule has 1 atom stereocenters. The van der Waals surface area contributed by atoms with E-state index in [9.17, 15) is 4.79 Å². The van der Waals surface area contributed by atoms with Crippen molar-refractivity contribution in [3.8, 4) is 0 Å². The molecule has 0 bridgehead atoms. The molecule has 98 valence electrons. The maximum atomic E-state index is 11.7. The minimum atomic E-state index is 0.218. The summed E-state index contributed by atoms with van der Waals surface area (Å²) in [6.07, 6.45) is 8.03.